The smallest absolute Gasteiger partial charge is 0.338 e. The number of aromatic nitrogens is 5. The summed E-state index contributed by atoms with van der Waals surface area (Å²) in [5.41, 5.74) is 2.31. The van der Waals surface area contributed by atoms with Crippen molar-refractivity contribution in [3.8, 4) is 0 Å². The number of rotatable bonds is 4. The predicted molar refractivity (Wildman–Crippen MR) is 98.4 cm³/mol. The molecule has 1 aliphatic heterocycles. The highest BCUT2D eigenvalue weighted by Gasteiger charge is 2.31. The molecule has 0 bridgehead atoms. The Bertz CT molecular complexity index is 875. The average molecular weight is 360 g/mol. The minimum absolute atomic E-state index is 0.0331. The van der Waals surface area contributed by atoms with Gasteiger partial charge in [-0.15, -0.1) is 0 Å². The second-order valence-electron chi connectivity index (χ2n) is 6.96. The van der Waals surface area contributed by atoms with Gasteiger partial charge in [0.2, 0.25) is 0 Å². The number of aryl methyl sites for hydroxylation is 3. The summed E-state index contributed by atoms with van der Waals surface area (Å²) in [5.74, 6) is 0.907. The number of hydrogen-bond acceptors (Lipinski definition) is 4. The molecule has 8 nitrogen and oxygen atoms in total. The molecule has 0 aliphatic carbocycles. The molecule has 0 spiro atoms. The molecule has 1 amide bonds. The van der Waals surface area contributed by atoms with Crippen molar-refractivity contribution in [2.75, 3.05) is 13.1 Å². The number of nitrogens with zero attached hydrogens (tertiary/aromatic N) is 6. The van der Waals surface area contributed by atoms with Crippen molar-refractivity contribution in [3.63, 3.8) is 0 Å². The van der Waals surface area contributed by atoms with Crippen LogP contribution in [0.5, 0.6) is 0 Å². The first-order chi connectivity index (χ1) is 12.4. The third kappa shape index (κ3) is 2.97. The summed E-state index contributed by atoms with van der Waals surface area (Å²) in [6.45, 7) is 10.5. The van der Waals surface area contributed by atoms with Crippen molar-refractivity contribution < 1.29 is 4.79 Å². The first-order valence-electron chi connectivity index (χ1n) is 9.36. The number of likely N-dealkylation sites (tertiary alicyclic amines) is 1. The maximum absolute atomic E-state index is 13.2. The fraction of sp³-hybridized carbons (Fsp3) is 0.667. The van der Waals surface area contributed by atoms with Crippen LogP contribution in [-0.4, -0.2) is 48.0 Å². The molecule has 1 aliphatic rings. The van der Waals surface area contributed by atoms with E-state index in [-0.39, 0.29) is 17.5 Å². The Kier molecular flexibility index (Phi) is 5.02. The van der Waals surface area contributed by atoms with E-state index in [1.165, 1.54) is 4.68 Å². The molecule has 0 saturated carbocycles. The lowest BCUT2D eigenvalue weighted by Gasteiger charge is -2.32. The summed E-state index contributed by atoms with van der Waals surface area (Å²) in [7, 11) is 1.68. The summed E-state index contributed by atoms with van der Waals surface area (Å²) < 4.78 is 4.97. The average Bonchev–Trinajstić information content (AvgIpc) is 3.09. The van der Waals surface area contributed by atoms with Crippen molar-refractivity contribution in [1.82, 2.24) is 29.0 Å². The molecule has 8 heteroatoms. The second-order valence-corrected chi connectivity index (χ2v) is 6.96. The van der Waals surface area contributed by atoms with Gasteiger partial charge in [-0.1, -0.05) is 0 Å². The minimum atomic E-state index is -0.0955. The summed E-state index contributed by atoms with van der Waals surface area (Å²) in [6.07, 6.45) is 1.84. The lowest BCUT2D eigenvalue weighted by atomic mass is 9.96. The molecule has 0 unspecified atom stereocenters. The highest BCUT2D eigenvalue weighted by Crippen LogP contribution is 2.27. The fourth-order valence-corrected chi connectivity index (χ4v) is 3.97. The summed E-state index contributed by atoms with van der Waals surface area (Å²) in [6, 6.07) is 0. The van der Waals surface area contributed by atoms with Crippen LogP contribution in [0, 0.1) is 13.8 Å². The first-order valence-corrected chi connectivity index (χ1v) is 9.36. The van der Waals surface area contributed by atoms with Crippen LogP contribution >= 0.6 is 0 Å². The lowest BCUT2D eigenvalue weighted by molar-refractivity contribution is 0.0701. The summed E-state index contributed by atoms with van der Waals surface area (Å²) in [4.78, 5) is 27.2. The quantitative estimate of drug-likeness (QED) is 0.827. The highest BCUT2D eigenvalue weighted by atomic mass is 16.2. The van der Waals surface area contributed by atoms with E-state index in [2.05, 4.69) is 10.2 Å². The van der Waals surface area contributed by atoms with Crippen molar-refractivity contribution in [2.24, 2.45) is 7.05 Å². The molecule has 1 saturated heterocycles. The van der Waals surface area contributed by atoms with Gasteiger partial charge >= 0.3 is 5.69 Å². The van der Waals surface area contributed by atoms with E-state index in [1.807, 2.05) is 37.3 Å². The third-order valence-electron chi connectivity index (χ3n) is 5.32. The van der Waals surface area contributed by atoms with E-state index in [0.29, 0.717) is 18.7 Å². The van der Waals surface area contributed by atoms with Crippen LogP contribution in [0.4, 0.5) is 0 Å². The Balaban J connectivity index is 1.87. The largest absolute Gasteiger partial charge is 0.345 e. The van der Waals surface area contributed by atoms with Crippen molar-refractivity contribution in [3.05, 3.63) is 33.3 Å². The zero-order valence-corrected chi connectivity index (χ0v) is 16.3. The molecule has 2 aromatic rings. The predicted octanol–water partition coefficient (Wildman–Crippen LogP) is 1.45. The number of carbonyl (C=O) groups is 1. The molecular weight excluding hydrogens is 332 g/mol. The molecule has 2 aromatic heterocycles. The molecular formula is C18H28N6O2. The third-order valence-corrected chi connectivity index (χ3v) is 5.32. The minimum Gasteiger partial charge on any atom is -0.338 e. The van der Waals surface area contributed by atoms with E-state index >= 15 is 0 Å². The van der Waals surface area contributed by atoms with Gasteiger partial charge in [-0.05, 0) is 40.5 Å². The van der Waals surface area contributed by atoms with E-state index in [4.69, 9.17) is 0 Å². The Labute approximate surface area is 153 Å². The van der Waals surface area contributed by atoms with Gasteiger partial charge in [0.1, 0.15) is 5.82 Å². The molecule has 3 heterocycles. The fourth-order valence-electron chi connectivity index (χ4n) is 3.97. The Morgan fingerprint density at radius 1 is 1.19 bits per heavy atom. The zero-order valence-electron chi connectivity index (χ0n) is 16.3. The number of carbonyl (C=O) groups excluding carboxylic acids is 1. The van der Waals surface area contributed by atoms with Gasteiger partial charge in [-0.3, -0.25) is 14.0 Å². The molecule has 3 rings (SSSR count). The van der Waals surface area contributed by atoms with Crippen LogP contribution in [-0.2, 0) is 20.1 Å². The van der Waals surface area contributed by atoms with E-state index in [9.17, 15) is 9.59 Å². The van der Waals surface area contributed by atoms with Crippen LogP contribution in [0.2, 0.25) is 0 Å². The maximum Gasteiger partial charge on any atom is 0.345 e. The second kappa shape index (κ2) is 7.09. The molecule has 1 fully saturated rings. The zero-order chi connectivity index (χ0) is 19.0. The van der Waals surface area contributed by atoms with Crippen LogP contribution in [0.25, 0.3) is 0 Å². The highest BCUT2D eigenvalue weighted by molar-refractivity contribution is 5.96. The van der Waals surface area contributed by atoms with E-state index in [0.717, 1.165) is 43.1 Å². The Hall–Kier alpha value is -2.38. The maximum atomic E-state index is 13.2. The summed E-state index contributed by atoms with van der Waals surface area (Å²) in [5, 5.41) is 8.91. The van der Waals surface area contributed by atoms with E-state index in [1.54, 1.807) is 11.6 Å². The number of amides is 1. The Morgan fingerprint density at radius 3 is 2.54 bits per heavy atom. The van der Waals surface area contributed by atoms with Gasteiger partial charge in [0.05, 0.1) is 11.3 Å². The molecule has 0 N–H and O–H groups in total. The van der Waals surface area contributed by atoms with Gasteiger partial charge < -0.3 is 4.90 Å². The van der Waals surface area contributed by atoms with Gasteiger partial charge in [-0.2, -0.15) is 10.2 Å². The number of piperidine rings is 1. The van der Waals surface area contributed by atoms with Gasteiger partial charge in [0, 0.05) is 44.8 Å². The first kappa shape index (κ1) is 18.4. The van der Waals surface area contributed by atoms with Crippen LogP contribution in [0.15, 0.2) is 4.79 Å². The van der Waals surface area contributed by atoms with E-state index < -0.39 is 0 Å². The topological polar surface area (TPSA) is 78.0 Å². The Morgan fingerprint density at radius 2 is 1.92 bits per heavy atom. The normalized spacial score (nSPS) is 17.7. The molecule has 142 valence electrons. The SMILES string of the molecule is CCn1nc(C)c(C(=O)N2CCC[C@H](c3nn(C)c(=O)n3CC)C2)c1C. The van der Waals surface area contributed by atoms with Gasteiger partial charge in [-0.25, -0.2) is 9.48 Å². The van der Waals surface area contributed by atoms with Crippen LogP contribution < -0.4 is 5.69 Å². The standard InChI is InChI=1S/C18H28N6O2/c1-6-23-16(20-21(5)18(23)26)14-9-8-10-22(11-14)17(25)15-12(3)19-24(7-2)13(15)4/h14H,6-11H2,1-5H3/t14-/m0/s1. The van der Waals surface area contributed by atoms with Crippen LogP contribution in [0.1, 0.15) is 60.2 Å². The van der Waals surface area contributed by atoms with Crippen molar-refractivity contribution in [2.45, 2.75) is 59.5 Å². The van der Waals surface area contributed by atoms with Gasteiger partial charge in [0.15, 0.2) is 0 Å². The van der Waals surface area contributed by atoms with Crippen molar-refractivity contribution in [1.29, 1.82) is 0 Å². The van der Waals surface area contributed by atoms with Crippen LogP contribution in [0.3, 0.4) is 0 Å². The molecule has 0 radical (unpaired) electrons. The molecule has 26 heavy (non-hydrogen) atoms. The molecule has 0 aromatic carbocycles. The van der Waals surface area contributed by atoms with Crippen molar-refractivity contribution >= 4 is 5.91 Å². The lowest BCUT2D eigenvalue weighted by Crippen LogP contribution is -2.40. The monoisotopic (exact) mass is 360 g/mol. The van der Waals surface area contributed by atoms with Gasteiger partial charge in [0.25, 0.3) is 5.91 Å². The summed E-state index contributed by atoms with van der Waals surface area (Å²) >= 11 is 0. The molecule has 1 atom stereocenters. The number of hydrogen-bond donors (Lipinski definition) is 0.